The van der Waals surface area contributed by atoms with Gasteiger partial charge in [0.15, 0.2) is 0 Å². The molecule has 2 amide bonds. The highest BCUT2D eigenvalue weighted by Crippen LogP contribution is 2.19. The lowest BCUT2D eigenvalue weighted by molar-refractivity contribution is -0.126. The van der Waals surface area contributed by atoms with Crippen molar-refractivity contribution in [1.82, 2.24) is 24.8 Å². The summed E-state index contributed by atoms with van der Waals surface area (Å²) in [5.41, 5.74) is 1.48. The van der Waals surface area contributed by atoms with Crippen LogP contribution in [0.5, 0.6) is 0 Å². The minimum atomic E-state index is -0.211. The van der Waals surface area contributed by atoms with Crippen molar-refractivity contribution in [2.24, 2.45) is 5.92 Å². The van der Waals surface area contributed by atoms with Crippen LogP contribution in [-0.2, 0) is 11.3 Å². The van der Waals surface area contributed by atoms with E-state index in [1.54, 1.807) is 23.4 Å². The van der Waals surface area contributed by atoms with E-state index in [1.807, 2.05) is 29.8 Å². The zero-order chi connectivity index (χ0) is 20.2. The van der Waals surface area contributed by atoms with Gasteiger partial charge in [-0.2, -0.15) is 0 Å². The van der Waals surface area contributed by atoms with Crippen LogP contribution in [-0.4, -0.2) is 44.3 Å². The van der Waals surface area contributed by atoms with Crippen LogP contribution in [0.3, 0.4) is 0 Å². The largest absolute Gasteiger partial charge is 0.472 e. The third-order valence-electron chi connectivity index (χ3n) is 5.20. The predicted molar refractivity (Wildman–Crippen MR) is 105 cm³/mol. The Kier molecular flexibility index (Phi) is 5.41. The number of piperidine rings is 1. The molecule has 0 spiro atoms. The van der Waals surface area contributed by atoms with Gasteiger partial charge >= 0.3 is 0 Å². The second-order valence-corrected chi connectivity index (χ2v) is 7.19. The molecule has 8 nitrogen and oxygen atoms in total. The van der Waals surface area contributed by atoms with E-state index in [2.05, 4.69) is 15.3 Å². The summed E-state index contributed by atoms with van der Waals surface area (Å²) in [7, 11) is 0. The fourth-order valence-corrected chi connectivity index (χ4v) is 3.60. The van der Waals surface area contributed by atoms with Crippen LogP contribution in [0.15, 0.2) is 53.7 Å². The number of carbonyl (C=O) groups excluding carboxylic acids is 2. The van der Waals surface area contributed by atoms with Crippen LogP contribution in [0.2, 0.25) is 0 Å². The normalized spacial score (nSPS) is 16.6. The van der Waals surface area contributed by atoms with E-state index in [0.29, 0.717) is 25.2 Å². The molecule has 4 rings (SSSR count). The lowest BCUT2D eigenvalue weighted by Crippen LogP contribution is -2.45. The molecule has 29 heavy (non-hydrogen) atoms. The van der Waals surface area contributed by atoms with Gasteiger partial charge in [-0.15, -0.1) is 0 Å². The molecule has 150 valence electrons. The lowest BCUT2D eigenvalue weighted by atomic mass is 9.96. The number of carbonyl (C=O) groups is 2. The van der Waals surface area contributed by atoms with Gasteiger partial charge in [-0.3, -0.25) is 14.2 Å². The van der Waals surface area contributed by atoms with E-state index in [-0.39, 0.29) is 17.7 Å². The number of likely N-dealkylation sites (tertiary alicyclic amines) is 1. The minimum Gasteiger partial charge on any atom is -0.472 e. The monoisotopic (exact) mass is 393 g/mol. The zero-order valence-electron chi connectivity index (χ0n) is 16.2. The Morgan fingerprint density at radius 3 is 2.93 bits per heavy atom. The number of aryl methyl sites for hydroxylation is 1. The average molecular weight is 393 g/mol. The molecule has 0 aromatic carbocycles. The van der Waals surface area contributed by atoms with E-state index >= 15 is 0 Å². The molecule has 0 aliphatic carbocycles. The molecule has 1 N–H and O–H groups in total. The topological polar surface area (TPSA) is 93.3 Å². The molecule has 0 saturated carbocycles. The number of furan rings is 1. The second-order valence-electron chi connectivity index (χ2n) is 7.19. The van der Waals surface area contributed by atoms with Gasteiger partial charge in [0.05, 0.1) is 17.7 Å². The quantitative estimate of drug-likeness (QED) is 0.718. The van der Waals surface area contributed by atoms with E-state index in [9.17, 15) is 9.59 Å². The molecule has 3 aromatic heterocycles. The van der Waals surface area contributed by atoms with E-state index in [4.69, 9.17) is 4.42 Å². The van der Waals surface area contributed by atoms with Crippen LogP contribution in [0, 0.1) is 12.8 Å². The number of imidazole rings is 1. The van der Waals surface area contributed by atoms with Crippen molar-refractivity contribution in [1.29, 1.82) is 0 Å². The Morgan fingerprint density at radius 1 is 1.28 bits per heavy atom. The summed E-state index contributed by atoms with van der Waals surface area (Å²) < 4.78 is 6.89. The van der Waals surface area contributed by atoms with Gasteiger partial charge in [-0.05, 0) is 43.5 Å². The molecule has 4 heterocycles. The summed E-state index contributed by atoms with van der Waals surface area (Å²) in [6, 6.07) is 5.46. The molecule has 1 saturated heterocycles. The zero-order valence-corrected chi connectivity index (χ0v) is 16.2. The third kappa shape index (κ3) is 4.21. The van der Waals surface area contributed by atoms with Crippen molar-refractivity contribution >= 4 is 11.8 Å². The molecule has 8 heteroatoms. The molecule has 1 atom stereocenters. The van der Waals surface area contributed by atoms with Crippen LogP contribution >= 0.6 is 0 Å². The highest BCUT2D eigenvalue weighted by molar-refractivity contribution is 5.94. The SMILES string of the molecule is Cc1nccn1-c1cc(CNC(=O)[C@@H]2CCCN(C(=O)c3ccoc3)C2)ccn1. The Bertz CT molecular complexity index is 995. The molecule has 1 aliphatic rings. The van der Waals surface area contributed by atoms with E-state index < -0.39 is 0 Å². The fourth-order valence-electron chi connectivity index (χ4n) is 3.60. The summed E-state index contributed by atoms with van der Waals surface area (Å²) in [5, 5.41) is 3.00. The molecular formula is C21H23N5O3. The van der Waals surface area contributed by atoms with Crippen molar-refractivity contribution in [3.05, 3.63) is 66.3 Å². The number of rotatable bonds is 5. The Balaban J connectivity index is 1.36. The van der Waals surface area contributed by atoms with Crippen LogP contribution in [0.25, 0.3) is 5.82 Å². The summed E-state index contributed by atoms with van der Waals surface area (Å²) in [5.74, 6) is 1.28. The molecular weight excluding hydrogens is 370 g/mol. The van der Waals surface area contributed by atoms with Crippen molar-refractivity contribution in [3.63, 3.8) is 0 Å². The first-order valence-electron chi connectivity index (χ1n) is 9.66. The van der Waals surface area contributed by atoms with Gasteiger partial charge in [0.1, 0.15) is 17.9 Å². The smallest absolute Gasteiger partial charge is 0.257 e. The van der Waals surface area contributed by atoms with Crippen molar-refractivity contribution in [3.8, 4) is 5.82 Å². The first kappa shape index (κ1) is 18.9. The van der Waals surface area contributed by atoms with Gasteiger partial charge in [0.2, 0.25) is 5.91 Å². The highest BCUT2D eigenvalue weighted by atomic mass is 16.3. The predicted octanol–water partition coefficient (Wildman–Crippen LogP) is 2.34. The maximum atomic E-state index is 12.7. The number of hydrogen-bond donors (Lipinski definition) is 1. The summed E-state index contributed by atoms with van der Waals surface area (Å²) in [6.07, 6.45) is 9.81. The Hall–Kier alpha value is -3.42. The first-order valence-corrected chi connectivity index (χ1v) is 9.66. The number of nitrogens with zero attached hydrogens (tertiary/aromatic N) is 4. The van der Waals surface area contributed by atoms with Crippen LogP contribution in [0.1, 0.15) is 34.6 Å². The standard InChI is InChI=1S/C21H23N5O3/c1-15-22-7-9-26(15)19-11-16(4-6-23-19)12-24-20(27)17-3-2-8-25(13-17)21(28)18-5-10-29-14-18/h4-7,9-11,14,17H,2-3,8,12-13H2,1H3,(H,24,27)/t17-/m1/s1. The Labute approximate surface area is 168 Å². The maximum absolute atomic E-state index is 12.7. The lowest BCUT2D eigenvalue weighted by Gasteiger charge is -2.31. The van der Waals surface area contributed by atoms with E-state index in [1.165, 1.54) is 12.5 Å². The summed E-state index contributed by atoms with van der Waals surface area (Å²) >= 11 is 0. The first-order chi connectivity index (χ1) is 14.1. The van der Waals surface area contributed by atoms with Gasteiger partial charge in [0.25, 0.3) is 5.91 Å². The number of hydrogen-bond acceptors (Lipinski definition) is 5. The average Bonchev–Trinajstić information content (AvgIpc) is 3.44. The molecule has 0 radical (unpaired) electrons. The second kappa shape index (κ2) is 8.30. The van der Waals surface area contributed by atoms with Crippen LogP contribution in [0.4, 0.5) is 0 Å². The summed E-state index contributed by atoms with van der Waals surface area (Å²) in [6.45, 7) is 3.40. The fraction of sp³-hybridized carbons (Fsp3) is 0.333. The van der Waals surface area contributed by atoms with Crippen LogP contribution < -0.4 is 5.32 Å². The van der Waals surface area contributed by atoms with Gasteiger partial charge in [-0.25, -0.2) is 9.97 Å². The van der Waals surface area contributed by atoms with Crippen molar-refractivity contribution < 1.29 is 14.0 Å². The maximum Gasteiger partial charge on any atom is 0.257 e. The van der Waals surface area contributed by atoms with Gasteiger partial charge in [-0.1, -0.05) is 0 Å². The molecule has 0 unspecified atom stereocenters. The molecule has 1 aliphatic heterocycles. The van der Waals surface area contributed by atoms with Gasteiger partial charge < -0.3 is 14.6 Å². The number of amides is 2. The number of nitrogens with one attached hydrogen (secondary N) is 1. The molecule has 0 bridgehead atoms. The third-order valence-corrected chi connectivity index (χ3v) is 5.20. The van der Waals surface area contributed by atoms with Crippen molar-refractivity contribution in [2.45, 2.75) is 26.3 Å². The number of pyridine rings is 1. The Morgan fingerprint density at radius 2 is 2.17 bits per heavy atom. The highest BCUT2D eigenvalue weighted by Gasteiger charge is 2.29. The number of aromatic nitrogens is 3. The van der Waals surface area contributed by atoms with Gasteiger partial charge in [0, 0.05) is 38.2 Å². The molecule has 3 aromatic rings. The minimum absolute atomic E-state index is 0.0353. The van der Waals surface area contributed by atoms with E-state index in [0.717, 1.165) is 30.0 Å². The summed E-state index contributed by atoms with van der Waals surface area (Å²) in [4.78, 5) is 35.5. The molecule has 1 fully saturated rings. The van der Waals surface area contributed by atoms with Crippen molar-refractivity contribution in [2.75, 3.05) is 13.1 Å².